The Hall–Kier alpha value is -2.04. The summed E-state index contributed by atoms with van der Waals surface area (Å²) < 4.78 is 5.78. The van der Waals surface area contributed by atoms with E-state index < -0.39 is 6.10 Å². The summed E-state index contributed by atoms with van der Waals surface area (Å²) in [5.74, 6) is 0.482. The van der Waals surface area contributed by atoms with E-state index in [-0.39, 0.29) is 0 Å². The minimum Gasteiger partial charge on any atom is -0.486 e. The average molecular weight is 402 g/mol. The Kier molecular flexibility index (Phi) is 7.13. The average Bonchev–Trinajstić information content (AvgIpc) is 2.69. The Bertz CT molecular complexity index is 834. The van der Waals surface area contributed by atoms with Gasteiger partial charge in [0.25, 0.3) is 0 Å². The molecule has 0 saturated heterocycles. The van der Waals surface area contributed by atoms with E-state index in [1.807, 2.05) is 72.8 Å². The van der Waals surface area contributed by atoms with Gasteiger partial charge in [0.15, 0.2) is 5.75 Å². The van der Waals surface area contributed by atoms with E-state index in [0.717, 1.165) is 16.7 Å². The highest BCUT2D eigenvalue weighted by Gasteiger charge is 2.11. The Balaban J connectivity index is 1.56. The summed E-state index contributed by atoms with van der Waals surface area (Å²) in [6.07, 6.45) is -0.564. The molecule has 0 spiro atoms. The van der Waals surface area contributed by atoms with Crippen LogP contribution in [0, 0.1) is 0 Å². The first-order valence-electron chi connectivity index (χ1n) is 8.72. The number of nitrogens with one attached hydrogen (secondary N) is 1. The van der Waals surface area contributed by atoms with Gasteiger partial charge < -0.3 is 15.2 Å². The van der Waals surface area contributed by atoms with Crippen LogP contribution in [-0.2, 0) is 13.2 Å². The van der Waals surface area contributed by atoms with Gasteiger partial charge in [-0.15, -0.1) is 0 Å². The van der Waals surface area contributed by atoms with Crippen molar-refractivity contribution in [3.8, 4) is 5.75 Å². The molecule has 0 fully saturated rings. The summed E-state index contributed by atoms with van der Waals surface area (Å²) in [4.78, 5) is 0. The fourth-order valence-corrected chi connectivity index (χ4v) is 3.37. The van der Waals surface area contributed by atoms with E-state index >= 15 is 0 Å². The van der Waals surface area contributed by atoms with Gasteiger partial charge in [-0.25, -0.2) is 0 Å². The SMILES string of the molecule is O[C@H](CNCc1cc(Cl)c(OCc2ccccc2)c(Cl)c1)c1ccccc1. The van der Waals surface area contributed by atoms with Crippen molar-refractivity contribution in [2.75, 3.05) is 6.54 Å². The van der Waals surface area contributed by atoms with Crippen molar-refractivity contribution >= 4 is 23.2 Å². The van der Waals surface area contributed by atoms with Gasteiger partial charge in [0, 0.05) is 13.1 Å². The first kappa shape index (κ1) is 19.7. The second-order valence-corrected chi connectivity index (χ2v) is 7.03. The zero-order chi connectivity index (χ0) is 19.1. The van der Waals surface area contributed by atoms with E-state index in [2.05, 4.69) is 5.32 Å². The van der Waals surface area contributed by atoms with E-state index in [9.17, 15) is 5.11 Å². The zero-order valence-corrected chi connectivity index (χ0v) is 16.3. The fraction of sp³-hybridized carbons (Fsp3) is 0.182. The quantitative estimate of drug-likeness (QED) is 0.531. The van der Waals surface area contributed by atoms with Gasteiger partial charge in [-0.3, -0.25) is 0 Å². The van der Waals surface area contributed by atoms with Gasteiger partial charge in [-0.05, 0) is 28.8 Å². The molecule has 0 saturated carbocycles. The molecule has 0 unspecified atom stereocenters. The highest BCUT2D eigenvalue weighted by molar-refractivity contribution is 6.37. The van der Waals surface area contributed by atoms with Crippen LogP contribution in [0.3, 0.4) is 0 Å². The molecule has 0 heterocycles. The Morgan fingerprint density at radius 2 is 1.44 bits per heavy atom. The maximum atomic E-state index is 10.2. The van der Waals surface area contributed by atoms with Crippen LogP contribution in [0.5, 0.6) is 5.75 Å². The summed E-state index contributed by atoms with van der Waals surface area (Å²) in [5, 5.41) is 14.4. The highest BCUT2D eigenvalue weighted by atomic mass is 35.5. The van der Waals surface area contributed by atoms with Crippen LogP contribution in [0.2, 0.25) is 10.0 Å². The predicted molar refractivity (Wildman–Crippen MR) is 110 cm³/mol. The van der Waals surface area contributed by atoms with Crippen LogP contribution >= 0.6 is 23.2 Å². The van der Waals surface area contributed by atoms with Crippen molar-refractivity contribution in [3.05, 3.63) is 99.5 Å². The van der Waals surface area contributed by atoms with Crippen LogP contribution < -0.4 is 10.1 Å². The van der Waals surface area contributed by atoms with E-state index in [1.54, 1.807) is 0 Å². The number of hydrogen-bond acceptors (Lipinski definition) is 3. The minimum absolute atomic E-state index is 0.404. The molecule has 2 N–H and O–H groups in total. The molecule has 27 heavy (non-hydrogen) atoms. The third-order valence-corrected chi connectivity index (χ3v) is 4.70. The maximum Gasteiger partial charge on any atom is 0.156 e. The zero-order valence-electron chi connectivity index (χ0n) is 14.7. The van der Waals surface area contributed by atoms with Gasteiger partial charge in [0.1, 0.15) is 6.61 Å². The Labute approximate surface area is 169 Å². The molecular weight excluding hydrogens is 381 g/mol. The van der Waals surface area contributed by atoms with Gasteiger partial charge in [0.05, 0.1) is 16.1 Å². The first-order valence-corrected chi connectivity index (χ1v) is 9.47. The van der Waals surface area contributed by atoms with Crippen LogP contribution in [0.1, 0.15) is 22.8 Å². The molecule has 140 valence electrons. The smallest absolute Gasteiger partial charge is 0.156 e. The van der Waals surface area contributed by atoms with Crippen molar-refractivity contribution in [1.82, 2.24) is 5.32 Å². The topological polar surface area (TPSA) is 41.5 Å². The van der Waals surface area contributed by atoms with E-state index in [0.29, 0.717) is 35.5 Å². The molecule has 3 aromatic rings. The Morgan fingerprint density at radius 3 is 2.07 bits per heavy atom. The number of rotatable bonds is 8. The summed E-state index contributed by atoms with van der Waals surface area (Å²) in [6, 6.07) is 23.0. The number of benzene rings is 3. The number of halogens is 2. The second-order valence-electron chi connectivity index (χ2n) is 6.22. The third kappa shape index (κ3) is 5.72. The van der Waals surface area contributed by atoms with Crippen LogP contribution in [0.15, 0.2) is 72.8 Å². The largest absolute Gasteiger partial charge is 0.486 e. The lowest BCUT2D eigenvalue weighted by atomic mass is 10.1. The normalized spacial score (nSPS) is 12.0. The van der Waals surface area contributed by atoms with Gasteiger partial charge >= 0.3 is 0 Å². The molecule has 0 aliphatic heterocycles. The van der Waals surface area contributed by atoms with Crippen molar-refractivity contribution in [2.45, 2.75) is 19.3 Å². The molecule has 0 amide bonds. The molecule has 0 aromatic heterocycles. The number of ether oxygens (including phenoxy) is 1. The standard InChI is InChI=1S/C22H21Cl2NO2/c23-19-11-17(13-25-14-21(26)18-9-5-2-6-10-18)12-20(24)22(19)27-15-16-7-3-1-4-8-16/h1-12,21,25-26H,13-15H2/t21-/m1/s1. The molecular formula is C22H21Cl2NO2. The minimum atomic E-state index is -0.564. The molecule has 0 aliphatic carbocycles. The lowest BCUT2D eigenvalue weighted by Gasteiger charge is -2.14. The molecule has 3 aromatic carbocycles. The number of aliphatic hydroxyl groups excluding tert-OH is 1. The van der Waals surface area contributed by atoms with Gasteiger partial charge in [-0.1, -0.05) is 83.9 Å². The summed E-state index contributed by atoms with van der Waals surface area (Å²) in [5.41, 5.74) is 2.85. The molecule has 3 nitrogen and oxygen atoms in total. The number of aliphatic hydroxyl groups is 1. The van der Waals surface area contributed by atoms with E-state index in [1.165, 1.54) is 0 Å². The van der Waals surface area contributed by atoms with Gasteiger partial charge in [-0.2, -0.15) is 0 Å². The predicted octanol–water partition coefficient (Wildman–Crippen LogP) is 5.40. The highest BCUT2D eigenvalue weighted by Crippen LogP contribution is 2.34. The second kappa shape index (κ2) is 9.77. The molecule has 0 radical (unpaired) electrons. The Morgan fingerprint density at radius 1 is 0.852 bits per heavy atom. The van der Waals surface area contributed by atoms with Crippen LogP contribution in [0.25, 0.3) is 0 Å². The van der Waals surface area contributed by atoms with Gasteiger partial charge in [0.2, 0.25) is 0 Å². The monoisotopic (exact) mass is 401 g/mol. The molecule has 0 bridgehead atoms. The third-order valence-electron chi connectivity index (χ3n) is 4.14. The van der Waals surface area contributed by atoms with Crippen molar-refractivity contribution in [1.29, 1.82) is 0 Å². The van der Waals surface area contributed by atoms with E-state index in [4.69, 9.17) is 27.9 Å². The van der Waals surface area contributed by atoms with Crippen molar-refractivity contribution in [2.24, 2.45) is 0 Å². The first-order chi connectivity index (χ1) is 13.1. The molecule has 5 heteroatoms. The number of hydrogen-bond donors (Lipinski definition) is 2. The van der Waals surface area contributed by atoms with Crippen LogP contribution in [-0.4, -0.2) is 11.7 Å². The lowest BCUT2D eigenvalue weighted by Crippen LogP contribution is -2.21. The maximum absolute atomic E-state index is 10.2. The lowest BCUT2D eigenvalue weighted by molar-refractivity contribution is 0.174. The van der Waals surface area contributed by atoms with Crippen molar-refractivity contribution in [3.63, 3.8) is 0 Å². The molecule has 3 rings (SSSR count). The molecule has 0 aliphatic rings. The van der Waals surface area contributed by atoms with Crippen molar-refractivity contribution < 1.29 is 9.84 Å². The molecule has 1 atom stereocenters. The fourth-order valence-electron chi connectivity index (χ4n) is 2.73. The summed E-state index contributed by atoms with van der Waals surface area (Å²) in [7, 11) is 0. The summed E-state index contributed by atoms with van der Waals surface area (Å²) in [6.45, 7) is 1.38. The van der Waals surface area contributed by atoms with Crippen LogP contribution in [0.4, 0.5) is 0 Å². The summed E-state index contributed by atoms with van der Waals surface area (Å²) >= 11 is 12.7.